The van der Waals surface area contributed by atoms with Gasteiger partial charge in [-0.1, -0.05) is 13.8 Å². The number of aliphatic imine (C=N–C) groups is 1. The average molecular weight is 358 g/mol. The molecule has 0 saturated carbocycles. The summed E-state index contributed by atoms with van der Waals surface area (Å²) in [5.41, 5.74) is 0.593. The molecule has 0 aliphatic rings. The van der Waals surface area contributed by atoms with Crippen LogP contribution in [0.2, 0.25) is 0 Å². The summed E-state index contributed by atoms with van der Waals surface area (Å²) in [6, 6.07) is 3.97. The molecule has 0 N–H and O–H groups in total. The molecule has 0 aliphatic heterocycles. The van der Waals surface area contributed by atoms with Crippen LogP contribution < -0.4 is 4.74 Å². The highest BCUT2D eigenvalue weighted by atomic mass is 79.9. The minimum atomic E-state index is -0.243. The van der Waals surface area contributed by atoms with Crippen LogP contribution in [-0.4, -0.2) is 18.1 Å². The minimum absolute atomic E-state index is 0.243. The van der Waals surface area contributed by atoms with Gasteiger partial charge in [-0.2, -0.15) is 0 Å². The van der Waals surface area contributed by atoms with Crippen molar-refractivity contribution in [1.29, 1.82) is 0 Å². The summed E-state index contributed by atoms with van der Waals surface area (Å²) in [5, 5.41) is 0. The zero-order valence-electron chi connectivity index (χ0n) is 13.0. The lowest BCUT2D eigenvalue weighted by Crippen LogP contribution is -2.23. The SMILES string of the molecule is C=Nc1c(OC(C)(C)C)ccc(Br)c1SCCC(C)C. The van der Waals surface area contributed by atoms with Crippen molar-refractivity contribution in [2.45, 2.75) is 51.5 Å². The molecule has 0 aromatic heterocycles. The summed E-state index contributed by atoms with van der Waals surface area (Å²) in [6.45, 7) is 14.3. The predicted octanol–water partition coefficient (Wildman–Crippen LogP) is 6.10. The second-order valence-corrected chi connectivity index (χ2v) is 8.09. The van der Waals surface area contributed by atoms with E-state index in [0.717, 1.165) is 26.6 Å². The lowest BCUT2D eigenvalue weighted by molar-refractivity contribution is 0.131. The van der Waals surface area contributed by atoms with Crippen LogP contribution in [0.15, 0.2) is 26.5 Å². The second kappa shape index (κ2) is 7.51. The lowest BCUT2D eigenvalue weighted by atomic mass is 10.2. The Balaban J connectivity index is 3.02. The van der Waals surface area contributed by atoms with Crippen molar-refractivity contribution in [1.82, 2.24) is 0 Å². The third-order valence-electron chi connectivity index (χ3n) is 2.56. The Morgan fingerprint density at radius 3 is 2.50 bits per heavy atom. The highest BCUT2D eigenvalue weighted by Crippen LogP contribution is 2.43. The maximum Gasteiger partial charge on any atom is 0.146 e. The van der Waals surface area contributed by atoms with E-state index in [1.807, 2.05) is 32.9 Å². The van der Waals surface area contributed by atoms with Crippen LogP contribution in [0.1, 0.15) is 41.0 Å². The molecule has 1 aromatic rings. The first-order chi connectivity index (χ1) is 9.24. The Morgan fingerprint density at radius 1 is 1.35 bits per heavy atom. The maximum atomic E-state index is 5.98. The maximum absolute atomic E-state index is 5.98. The first kappa shape index (κ1) is 17.6. The molecule has 0 aliphatic carbocycles. The van der Waals surface area contributed by atoms with Gasteiger partial charge in [0.15, 0.2) is 0 Å². The largest absolute Gasteiger partial charge is 0.486 e. The van der Waals surface area contributed by atoms with Crippen molar-refractivity contribution in [2.24, 2.45) is 10.9 Å². The monoisotopic (exact) mass is 357 g/mol. The third kappa shape index (κ3) is 5.49. The molecule has 4 heteroatoms. The van der Waals surface area contributed by atoms with Crippen LogP contribution in [0.3, 0.4) is 0 Å². The molecule has 20 heavy (non-hydrogen) atoms. The number of hydrogen-bond acceptors (Lipinski definition) is 3. The molecule has 0 heterocycles. The molecular weight excluding hydrogens is 334 g/mol. The van der Waals surface area contributed by atoms with Crippen molar-refractivity contribution in [3.63, 3.8) is 0 Å². The molecular formula is C16H24BrNOS. The molecule has 0 amide bonds. The van der Waals surface area contributed by atoms with Gasteiger partial charge in [0.2, 0.25) is 0 Å². The Morgan fingerprint density at radius 2 is 2.00 bits per heavy atom. The van der Waals surface area contributed by atoms with Crippen molar-refractivity contribution < 1.29 is 4.74 Å². The first-order valence-electron chi connectivity index (χ1n) is 6.85. The lowest BCUT2D eigenvalue weighted by Gasteiger charge is -2.23. The fraction of sp³-hybridized carbons (Fsp3) is 0.562. The molecule has 1 aromatic carbocycles. The van der Waals surface area contributed by atoms with Crippen molar-refractivity contribution in [2.75, 3.05) is 5.75 Å². The molecule has 2 nitrogen and oxygen atoms in total. The second-order valence-electron chi connectivity index (χ2n) is 6.13. The normalized spacial score (nSPS) is 11.8. The van der Waals surface area contributed by atoms with Crippen LogP contribution >= 0.6 is 27.7 Å². The van der Waals surface area contributed by atoms with E-state index in [1.54, 1.807) is 11.8 Å². The van der Waals surface area contributed by atoms with Crippen LogP contribution in [-0.2, 0) is 0 Å². The smallest absolute Gasteiger partial charge is 0.146 e. The number of rotatable bonds is 6. The molecule has 0 bridgehead atoms. The Bertz CT molecular complexity index is 466. The summed E-state index contributed by atoms with van der Waals surface area (Å²) < 4.78 is 7.03. The molecule has 0 saturated heterocycles. The number of benzene rings is 1. The van der Waals surface area contributed by atoms with Gasteiger partial charge in [0.1, 0.15) is 17.0 Å². The standard InChI is InChI=1S/C16H24BrNOS/c1-11(2)9-10-20-15-12(17)7-8-13(14(15)18-6)19-16(3,4)5/h7-8,11H,6,9-10H2,1-5H3. The highest BCUT2D eigenvalue weighted by molar-refractivity contribution is 9.10. The number of hydrogen-bond donors (Lipinski definition) is 0. The third-order valence-corrected chi connectivity index (χ3v) is 4.63. The van der Waals surface area contributed by atoms with Gasteiger partial charge in [-0.25, -0.2) is 0 Å². The topological polar surface area (TPSA) is 21.6 Å². The fourth-order valence-electron chi connectivity index (χ4n) is 1.62. The quantitative estimate of drug-likeness (QED) is 0.453. The van der Waals surface area contributed by atoms with E-state index in [-0.39, 0.29) is 5.60 Å². The Hall–Kier alpha value is -0.480. The molecule has 0 spiro atoms. The molecule has 1 rings (SSSR count). The average Bonchev–Trinajstić information content (AvgIpc) is 2.31. The summed E-state index contributed by atoms with van der Waals surface area (Å²) in [6.07, 6.45) is 1.18. The van der Waals surface area contributed by atoms with E-state index < -0.39 is 0 Å². The van der Waals surface area contributed by atoms with Crippen LogP contribution in [0.5, 0.6) is 5.75 Å². The van der Waals surface area contributed by atoms with Crippen LogP contribution in [0.4, 0.5) is 5.69 Å². The first-order valence-corrected chi connectivity index (χ1v) is 8.63. The van der Waals surface area contributed by atoms with E-state index in [9.17, 15) is 0 Å². The highest BCUT2D eigenvalue weighted by Gasteiger charge is 2.18. The van der Waals surface area contributed by atoms with Gasteiger partial charge in [-0.05, 0) is 73.6 Å². The molecule has 0 radical (unpaired) electrons. The van der Waals surface area contributed by atoms with Crippen molar-refractivity contribution >= 4 is 40.1 Å². The van der Waals surface area contributed by atoms with Gasteiger partial charge in [0.25, 0.3) is 0 Å². The Labute approximate surface area is 135 Å². The van der Waals surface area contributed by atoms with Gasteiger partial charge in [-0.3, -0.25) is 4.99 Å². The summed E-state index contributed by atoms with van der Waals surface area (Å²) in [7, 11) is 0. The molecule has 0 fully saturated rings. The summed E-state index contributed by atoms with van der Waals surface area (Å²) >= 11 is 5.41. The van der Waals surface area contributed by atoms with Gasteiger partial charge >= 0.3 is 0 Å². The van der Waals surface area contributed by atoms with Gasteiger partial charge in [0, 0.05) is 4.47 Å². The van der Waals surface area contributed by atoms with Gasteiger partial charge in [-0.15, -0.1) is 11.8 Å². The fourth-order valence-corrected chi connectivity index (χ4v) is 3.59. The van der Waals surface area contributed by atoms with E-state index >= 15 is 0 Å². The van der Waals surface area contributed by atoms with Crippen LogP contribution in [0, 0.1) is 5.92 Å². The zero-order chi connectivity index (χ0) is 15.3. The molecule has 0 atom stereocenters. The number of ether oxygens (including phenoxy) is 1. The van der Waals surface area contributed by atoms with E-state index in [0.29, 0.717) is 5.92 Å². The van der Waals surface area contributed by atoms with E-state index in [4.69, 9.17) is 4.74 Å². The van der Waals surface area contributed by atoms with Gasteiger partial charge in [0.05, 0.1) is 4.90 Å². The van der Waals surface area contributed by atoms with Crippen LogP contribution in [0.25, 0.3) is 0 Å². The summed E-state index contributed by atoms with van der Waals surface area (Å²) in [5.74, 6) is 2.57. The molecule has 0 unspecified atom stereocenters. The Kier molecular flexibility index (Phi) is 6.59. The minimum Gasteiger partial charge on any atom is -0.486 e. The van der Waals surface area contributed by atoms with E-state index in [2.05, 4.69) is 41.5 Å². The summed E-state index contributed by atoms with van der Waals surface area (Å²) in [4.78, 5) is 5.30. The van der Waals surface area contributed by atoms with Crippen molar-refractivity contribution in [3.8, 4) is 5.75 Å². The zero-order valence-corrected chi connectivity index (χ0v) is 15.4. The van der Waals surface area contributed by atoms with Gasteiger partial charge < -0.3 is 4.74 Å². The van der Waals surface area contributed by atoms with E-state index in [1.165, 1.54) is 6.42 Å². The number of thioether (sulfide) groups is 1. The number of nitrogens with zero attached hydrogens (tertiary/aromatic N) is 1. The predicted molar refractivity (Wildman–Crippen MR) is 93.9 cm³/mol. The molecule has 112 valence electrons. The number of halogens is 1. The van der Waals surface area contributed by atoms with Crippen molar-refractivity contribution in [3.05, 3.63) is 16.6 Å².